The molecule has 0 fully saturated rings. The number of nitrogens with two attached hydrogens (primary N) is 1. The zero-order valence-electron chi connectivity index (χ0n) is 11.0. The Bertz CT molecular complexity index is 500. The first-order valence-corrected chi connectivity index (χ1v) is 7.99. The number of rotatable bonds is 7. The van der Waals surface area contributed by atoms with Crippen LogP contribution in [0.25, 0.3) is 0 Å². The third kappa shape index (κ3) is 5.85. The SMILES string of the molecule is CC(CN)C(=O)NCCS(=O)(=O)Cc1ccccc1. The first kappa shape index (κ1) is 15.7. The van der Waals surface area contributed by atoms with Crippen molar-refractivity contribution in [3.63, 3.8) is 0 Å². The highest BCUT2D eigenvalue weighted by Crippen LogP contribution is 2.05. The molecule has 0 heterocycles. The van der Waals surface area contributed by atoms with Crippen molar-refractivity contribution in [2.24, 2.45) is 11.7 Å². The zero-order chi connectivity index (χ0) is 14.3. The molecule has 5 nitrogen and oxygen atoms in total. The summed E-state index contributed by atoms with van der Waals surface area (Å²) in [6.07, 6.45) is 0. The van der Waals surface area contributed by atoms with Crippen LogP contribution in [0.3, 0.4) is 0 Å². The molecule has 19 heavy (non-hydrogen) atoms. The molecule has 0 saturated heterocycles. The van der Waals surface area contributed by atoms with Gasteiger partial charge in [0.15, 0.2) is 9.84 Å². The van der Waals surface area contributed by atoms with E-state index in [4.69, 9.17) is 5.73 Å². The lowest BCUT2D eigenvalue weighted by Gasteiger charge is -2.10. The summed E-state index contributed by atoms with van der Waals surface area (Å²) in [4.78, 5) is 11.4. The summed E-state index contributed by atoms with van der Waals surface area (Å²) in [7, 11) is -3.21. The predicted octanol–water partition coefficient (Wildman–Crippen LogP) is 0.312. The molecule has 1 aromatic rings. The maximum absolute atomic E-state index is 11.8. The zero-order valence-corrected chi connectivity index (χ0v) is 11.8. The fourth-order valence-corrected chi connectivity index (χ4v) is 2.77. The molecule has 0 aromatic heterocycles. The van der Waals surface area contributed by atoms with Crippen LogP contribution < -0.4 is 11.1 Å². The van der Waals surface area contributed by atoms with E-state index in [0.29, 0.717) is 0 Å². The number of carbonyl (C=O) groups is 1. The van der Waals surface area contributed by atoms with Crippen molar-refractivity contribution in [2.45, 2.75) is 12.7 Å². The Hall–Kier alpha value is -1.40. The lowest BCUT2D eigenvalue weighted by molar-refractivity contribution is -0.124. The van der Waals surface area contributed by atoms with Gasteiger partial charge in [-0.15, -0.1) is 0 Å². The Kier molecular flexibility index (Phi) is 5.98. The minimum absolute atomic E-state index is 0.00382. The summed E-state index contributed by atoms with van der Waals surface area (Å²) in [5, 5.41) is 2.58. The number of carbonyl (C=O) groups excluding carboxylic acids is 1. The summed E-state index contributed by atoms with van der Waals surface area (Å²) in [5.74, 6) is -0.574. The van der Waals surface area contributed by atoms with E-state index in [-0.39, 0.29) is 36.4 Å². The van der Waals surface area contributed by atoms with Crippen molar-refractivity contribution in [3.05, 3.63) is 35.9 Å². The molecule has 1 rings (SSSR count). The number of sulfone groups is 1. The number of hydrogen-bond donors (Lipinski definition) is 2. The highest BCUT2D eigenvalue weighted by molar-refractivity contribution is 7.90. The van der Waals surface area contributed by atoms with Gasteiger partial charge in [0, 0.05) is 19.0 Å². The molecule has 0 aliphatic rings. The van der Waals surface area contributed by atoms with Gasteiger partial charge in [-0.25, -0.2) is 8.42 Å². The van der Waals surface area contributed by atoms with Crippen molar-refractivity contribution in [1.82, 2.24) is 5.32 Å². The largest absolute Gasteiger partial charge is 0.355 e. The van der Waals surface area contributed by atoms with Gasteiger partial charge in [0.2, 0.25) is 5.91 Å². The van der Waals surface area contributed by atoms with Crippen LogP contribution in [-0.2, 0) is 20.4 Å². The molecule has 0 aliphatic heterocycles. The van der Waals surface area contributed by atoms with E-state index in [0.717, 1.165) is 5.56 Å². The lowest BCUT2D eigenvalue weighted by atomic mass is 10.2. The van der Waals surface area contributed by atoms with Crippen molar-refractivity contribution < 1.29 is 13.2 Å². The quantitative estimate of drug-likeness (QED) is 0.754. The Balaban J connectivity index is 2.42. The minimum atomic E-state index is -3.21. The number of amides is 1. The minimum Gasteiger partial charge on any atom is -0.355 e. The van der Waals surface area contributed by atoms with E-state index in [2.05, 4.69) is 5.32 Å². The standard InChI is InChI=1S/C13H20N2O3S/c1-11(9-14)13(16)15-7-8-19(17,18)10-12-5-3-2-4-6-12/h2-6,11H,7-10,14H2,1H3,(H,15,16). The second kappa shape index (κ2) is 7.25. The van der Waals surface area contributed by atoms with E-state index in [1.165, 1.54) is 0 Å². The Labute approximate surface area is 114 Å². The summed E-state index contributed by atoms with van der Waals surface area (Å²) in [6, 6.07) is 8.98. The highest BCUT2D eigenvalue weighted by Gasteiger charge is 2.14. The highest BCUT2D eigenvalue weighted by atomic mass is 32.2. The molecule has 6 heteroatoms. The van der Waals surface area contributed by atoms with Crippen molar-refractivity contribution in [3.8, 4) is 0 Å². The molecule has 3 N–H and O–H groups in total. The Morgan fingerprint density at radius 1 is 1.32 bits per heavy atom. The first-order chi connectivity index (χ1) is 8.94. The van der Waals surface area contributed by atoms with Gasteiger partial charge in [0.05, 0.1) is 11.5 Å². The van der Waals surface area contributed by atoms with Crippen LogP contribution in [0.5, 0.6) is 0 Å². The molecular weight excluding hydrogens is 264 g/mol. The molecule has 0 spiro atoms. The summed E-state index contributed by atoms with van der Waals surface area (Å²) in [5.41, 5.74) is 6.11. The summed E-state index contributed by atoms with van der Waals surface area (Å²) in [6.45, 7) is 2.08. The van der Waals surface area contributed by atoms with Crippen LogP contribution in [0.15, 0.2) is 30.3 Å². The molecule has 0 radical (unpaired) electrons. The van der Waals surface area contributed by atoms with Crippen LogP contribution in [0.4, 0.5) is 0 Å². The maximum atomic E-state index is 11.8. The predicted molar refractivity (Wildman–Crippen MR) is 75.2 cm³/mol. The third-order valence-corrected chi connectivity index (χ3v) is 4.34. The Morgan fingerprint density at radius 2 is 1.95 bits per heavy atom. The van der Waals surface area contributed by atoms with Gasteiger partial charge in [-0.3, -0.25) is 4.79 Å². The average Bonchev–Trinajstić information content (AvgIpc) is 2.38. The van der Waals surface area contributed by atoms with Gasteiger partial charge < -0.3 is 11.1 Å². The molecular formula is C13H20N2O3S. The van der Waals surface area contributed by atoms with Crippen LogP contribution in [-0.4, -0.2) is 33.2 Å². The third-order valence-electron chi connectivity index (χ3n) is 2.74. The first-order valence-electron chi connectivity index (χ1n) is 6.17. The fraction of sp³-hybridized carbons (Fsp3) is 0.462. The van der Waals surface area contributed by atoms with Gasteiger partial charge in [0.25, 0.3) is 0 Å². The van der Waals surface area contributed by atoms with Crippen LogP contribution in [0.1, 0.15) is 12.5 Å². The van der Waals surface area contributed by atoms with E-state index in [1.54, 1.807) is 31.2 Å². The number of nitrogens with one attached hydrogen (secondary N) is 1. The van der Waals surface area contributed by atoms with Gasteiger partial charge in [-0.1, -0.05) is 37.3 Å². The fourth-order valence-electron chi connectivity index (χ4n) is 1.51. The topological polar surface area (TPSA) is 89.3 Å². The van der Waals surface area contributed by atoms with Crippen molar-refractivity contribution >= 4 is 15.7 Å². The second-order valence-electron chi connectivity index (χ2n) is 4.51. The molecule has 0 bridgehead atoms. The second-order valence-corrected chi connectivity index (χ2v) is 6.69. The molecule has 1 aromatic carbocycles. The normalized spacial score (nSPS) is 12.9. The van der Waals surface area contributed by atoms with Crippen LogP contribution in [0.2, 0.25) is 0 Å². The molecule has 0 saturated carbocycles. The van der Waals surface area contributed by atoms with Crippen molar-refractivity contribution in [1.29, 1.82) is 0 Å². The molecule has 1 atom stereocenters. The maximum Gasteiger partial charge on any atom is 0.224 e. The molecule has 106 valence electrons. The summed E-state index contributed by atoms with van der Waals surface area (Å²) < 4.78 is 23.7. The van der Waals surface area contributed by atoms with E-state index >= 15 is 0 Å². The molecule has 0 aliphatic carbocycles. The summed E-state index contributed by atoms with van der Waals surface area (Å²) >= 11 is 0. The Morgan fingerprint density at radius 3 is 2.53 bits per heavy atom. The smallest absolute Gasteiger partial charge is 0.224 e. The van der Waals surface area contributed by atoms with E-state index in [9.17, 15) is 13.2 Å². The number of benzene rings is 1. The molecule has 1 unspecified atom stereocenters. The van der Waals surface area contributed by atoms with E-state index < -0.39 is 9.84 Å². The van der Waals surface area contributed by atoms with Crippen molar-refractivity contribution in [2.75, 3.05) is 18.8 Å². The van der Waals surface area contributed by atoms with E-state index in [1.807, 2.05) is 6.07 Å². The average molecular weight is 284 g/mol. The van der Waals surface area contributed by atoms with Crippen LogP contribution >= 0.6 is 0 Å². The van der Waals surface area contributed by atoms with Gasteiger partial charge in [-0.2, -0.15) is 0 Å². The molecule has 1 amide bonds. The van der Waals surface area contributed by atoms with Gasteiger partial charge in [-0.05, 0) is 5.56 Å². The number of hydrogen-bond acceptors (Lipinski definition) is 4. The lowest BCUT2D eigenvalue weighted by Crippen LogP contribution is -2.36. The van der Waals surface area contributed by atoms with Crippen LogP contribution in [0, 0.1) is 5.92 Å². The van der Waals surface area contributed by atoms with Gasteiger partial charge >= 0.3 is 0 Å². The van der Waals surface area contributed by atoms with Gasteiger partial charge in [0.1, 0.15) is 0 Å². The monoisotopic (exact) mass is 284 g/mol.